The second-order valence-corrected chi connectivity index (χ2v) is 4.21. The van der Waals surface area contributed by atoms with Gasteiger partial charge in [-0.15, -0.1) is 0 Å². The number of amides is 1. The highest BCUT2D eigenvalue weighted by molar-refractivity contribution is 5.77. The summed E-state index contributed by atoms with van der Waals surface area (Å²) in [7, 11) is 0. The summed E-state index contributed by atoms with van der Waals surface area (Å²) < 4.78 is 41.8. The molecule has 0 bridgehead atoms. The number of nitrogens with zero attached hydrogens (tertiary/aromatic N) is 3. The molecule has 0 N–H and O–H groups in total. The molecule has 104 valence electrons. The average molecular weight is 275 g/mol. The molecular formula is C11H12F3N3O2. The number of rotatable bonds is 3. The Kier molecular flexibility index (Phi) is 3.87. The van der Waals surface area contributed by atoms with E-state index in [0.717, 1.165) is 0 Å². The van der Waals surface area contributed by atoms with Crippen molar-refractivity contribution in [3.8, 4) is 5.88 Å². The number of hydrogen-bond acceptors (Lipinski definition) is 4. The molecule has 8 heteroatoms. The Morgan fingerprint density at radius 2 is 2.32 bits per heavy atom. The van der Waals surface area contributed by atoms with Gasteiger partial charge in [0.1, 0.15) is 18.9 Å². The highest BCUT2D eigenvalue weighted by Crippen LogP contribution is 2.23. The minimum atomic E-state index is -4.47. The number of aromatic nitrogens is 2. The summed E-state index contributed by atoms with van der Waals surface area (Å²) in [4.78, 5) is 20.1. The minimum absolute atomic E-state index is 0.152. The number of hydrogen-bond donors (Lipinski definition) is 0. The van der Waals surface area contributed by atoms with Gasteiger partial charge in [-0.3, -0.25) is 4.79 Å². The van der Waals surface area contributed by atoms with Crippen LogP contribution in [0.15, 0.2) is 18.6 Å². The molecule has 0 aromatic carbocycles. The van der Waals surface area contributed by atoms with Crippen LogP contribution in [0.4, 0.5) is 13.2 Å². The number of carbonyl (C=O) groups is 1. The molecule has 0 radical (unpaired) electrons. The van der Waals surface area contributed by atoms with Gasteiger partial charge in [-0.1, -0.05) is 0 Å². The number of halogens is 3. The maximum atomic E-state index is 12.1. The lowest BCUT2D eigenvalue weighted by Gasteiger charge is -2.17. The SMILES string of the molecule is O=C(CC(F)(F)F)N1CC[C@H](Oc2ccncn2)C1. The summed E-state index contributed by atoms with van der Waals surface area (Å²) in [6.07, 6.45) is -2.91. The van der Waals surface area contributed by atoms with Crippen LogP contribution in [0.2, 0.25) is 0 Å². The topological polar surface area (TPSA) is 55.3 Å². The van der Waals surface area contributed by atoms with Crippen molar-refractivity contribution in [3.05, 3.63) is 18.6 Å². The summed E-state index contributed by atoms with van der Waals surface area (Å²) in [5.74, 6) is -0.564. The van der Waals surface area contributed by atoms with Gasteiger partial charge in [0, 0.05) is 25.2 Å². The molecule has 5 nitrogen and oxygen atoms in total. The van der Waals surface area contributed by atoms with Crippen molar-refractivity contribution in [1.29, 1.82) is 0 Å². The standard InChI is InChI=1S/C11H12F3N3O2/c12-11(13,14)5-10(18)17-4-2-8(6-17)19-9-1-3-15-7-16-9/h1,3,7-8H,2,4-6H2/t8-/m0/s1. The summed E-state index contributed by atoms with van der Waals surface area (Å²) in [6, 6.07) is 1.56. The smallest absolute Gasteiger partial charge is 0.397 e. The fourth-order valence-electron chi connectivity index (χ4n) is 1.85. The van der Waals surface area contributed by atoms with Gasteiger partial charge in [-0.05, 0) is 0 Å². The molecule has 1 amide bonds. The third-order valence-electron chi connectivity index (χ3n) is 2.69. The zero-order chi connectivity index (χ0) is 13.9. The van der Waals surface area contributed by atoms with Gasteiger partial charge in [-0.2, -0.15) is 13.2 Å². The molecule has 2 rings (SSSR count). The number of likely N-dealkylation sites (tertiary alicyclic amines) is 1. The molecular weight excluding hydrogens is 263 g/mol. The summed E-state index contributed by atoms with van der Waals surface area (Å²) in [5.41, 5.74) is 0. The minimum Gasteiger partial charge on any atom is -0.472 e. The second-order valence-electron chi connectivity index (χ2n) is 4.21. The van der Waals surface area contributed by atoms with Gasteiger partial charge >= 0.3 is 6.18 Å². The van der Waals surface area contributed by atoms with E-state index in [4.69, 9.17) is 4.74 Å². The van der Waals surface area contributed by atoms with Crippen molar-refractivity contribution in [2.45, 2.75) is 25.1 Å². The van der Waals surface area contributed by atoms with E-state index < -0.39 is 18.5 Å². The van der Waals surface area contributed by atoms with Crippen LogP contribution in [0.5, 0.6) is 5.88 Å². The number of ether oxygens (including phenoxy) is 1. The Morgan fingerprint density at radius 3 is 2.95 bits per heavy atom. The first-order chi connectivity index (χ1) is 8.94. The highest BCUT2D eigenvalue weighted by Gasteiger charge is 2.36. The second kappa shape index (κ2) is 5.41. The van der Waals surface area contributed by atoms with Crippen LogP contribution >= 0.6 is 0 Å². The van der Waals surface area contributed by atoms with Gasteiger partial charge in [0.2, 0.25) is 11.8 Å². The van der Waals surface area contributed by atoms with Gasteiger partial charge in [0.25, 0.3) is 0 Å². The zero-order valence-corrected chi connectivity index (χ0v) is 9.93. The van der Waals surface area contributed by atoms with Crippen LogP contribution < -0.4 is 4.74 Å². The third-order valence-corrected chi connectivity index (χ3v) is 2.69. The Balaban J connectivity index is 1.85. The van der Waals surface area contributed by atoms with E-state index >= 15 is 0 Å². The zero-order valence-electron chi connectivity index (χ0n) is 9.93. The average Bonchev–Trinajstić information content (AvgIpc) is 2.77. The van der Waals surface area contributed by atoms with Crippen molar-refractivity contribution in [2.75, 3.05) is 13.1 Å². The lowest BCUT2D eigenvalue weighted by molar-refractivity contribution is -0.160. The quantitative estimate of drug-likeness (QED) is 0.837. The highest BCUT2D eigenvalue weighted by atomic mass is 19.4. The Bertz CT molecular complexity index is 439. The molecule has 1 fully saturated rings. The van der Waals surface area contributed by atoms with Gasteiger partial charge in [-0.25, -0.2) is 9.97 Å². The third kappa shape index (κ3) is 4.08. The Hall–Kier alpha value is -1.86. The molecule has 0 aliphatic carbocycles. The van der Waals surface area contributed by atoms with E-state index in [1.165, 1.54) is 17.4 Å². The van der Waals surface area contributed by atoms with Crippen LogP contribution in [0, 0.1) is 0 Å². The van der Waals surface area contributed by atoms with E-state index in [9.17, 15) is 18.0 Å². The normalized spacial score (nSPS) is 19.5. The largest absolute Gasteiger partial charge is 0.472 e. The van der Waals surface area contributed by atoms with Crippen LogP contribution in [-0.4, -0.2) is 46.1 Å². The monoisotopic (exact) mass is 275 g/mol. The molecule has 0 saturated carbocycles. The molecule has 1 aliphatic rings. The first-order valence-corrected chi connectivity index (χ1v) is 5.71. The number of alkyl halides is 3. The van der Waals surface area contributed by atoms with E-state index in [0.29, 0.717) is 12.3 Å². The maximum absolute atomic E-state index is 12.1. The van der Waals surface area contributed by atoms with Gasteiger partial charge in [0.15, 0.2) is 0 Å². The molecule has 0 unspecified atom stereocenters. The van der Waals surface area contributed by atoms with Crippen molar-refractivity contribution < 1.29 is 22.7 Å². The van der Waals surface area contributed by atoms with Crippen molar-refractivity contribution >= 4 is 5.91 Å². The summed E-state index contributed by atoms with van der Waals surface area (Å²) in [5, 5.41) is 0. The van der Waals surface area contributed by atoms with E-state index in [-0.39, 0.29) is 19.2 Å². The maximum Gasteiger partial charge on any atom is 0.397 e. The molecule has 19 heavy (non-hydrogen) atoms. The van der Waals surface area contributed by atoms with E-state index in [1.54, 1.807) is 6.07 Å². The van der Waals surface area contributed by atoms with Crippen LogP contribution in [0.25, 0.3) is 0 Å². The lowest BCUT2D eigenvalue weighted by atomic mass is 10.3. The van der Waals surface area contributed by atoms with Crippen LogP contribution in [0.1, 0.15) is 12.8 Å². The van der Waals surface area contributed by atoms with Crippen molar-refractivity contribution in [2.24, 2.45) is 0 Å². The Labute approximate surface area is 107 Å². The molecule has 1 aromatic rings. The fourth-order valence-corrected chi connectivity index (χ4v) is 1.85. The first-order valence-electron chi connectivity index (χ1n) is 5.71. The lowest BCUT2D eigenvalue weighted by Crippen LogP contribution is -2.33. The first kappa shape index (κ1) is 13.6. The molecule has 1 saturated heterocycles. The molecule has 1 aliphatic heterocycles. The van der Waals surface area contributed by atoms with Gasteiger partial charge in [0.05, 0.1) is 6.54 Å². The van der Waals surface area contributed by atoms with Crippen LogP contribution in [-0.2, 0) is 4.79 Å². The van der Waals surface area contributed by atoms with Crippen molar-refractivity contribution in [1.82, 2.24) is 14.9 Å². The van der Waals surface area contributed by atoms with E-state index in [1.807, 2.05) is 0 Å². The summed E-state index contributed by atoms with van der Waals surface area (Å²) >= 11 is 0. The fraction of sp³-hybridized carbons (Fsp3) is 0.545. The van der Waals surface area contributed by atoms with Gasteiger partial charge < -0.3 is 9.64 Å². The van der Waals surface area contributed by atoms with E-state index in [2.05, 4.69) is 9.97 Å². The summed E-state index contributed by atoms with van der Waals surface area (Å²) in [6.45, 7) is 0.420. The molecule has 1 atom stereocenters. The molecule has 0 spiro atoms. The van der Waals surface area contributed by atoms with Crippen molar-refractivity contribution in [3.63, 3.8) is 0 Å². The predicted molar refractivity (Wildman–Crippen MR) is 58.3 cm³/mol. The Morgan fingerprint density at radius 1 is 1.53 bits per heavy atom. The molecule has 2 heterocycles. The van der Waals surface area contributed by atoms with Crippen LogP contribution in [0.3, 0.4) is 0 Å². The predicted octanol–water partition coefficient (Wildman–Crippen LogP) is 1.41. The number of carbonyl (C=O) groups excluding carboxylic acids is 1. The molecule has 1 aromatic heterocycles.